The quantitative estimate of drug-likeness (QED) is 0.787. The third-order valence-electron chi connectivity index (χ3n) is 3.38. The van der Waals surface area contributed by atoms with Crippen molar-refractivity contribution in [1.82, 2.24) is 4.90 Å². The third kappa shape index (κ3) is 4.51. The van der Waals surface area contributed by atoms with Crippen LogP contribution >= 0.6 is 0 Å². The molecule has 0 N–H and O–H groups in total. The number of nitriles is 1. The lowest BCUT2D eigenvalue weighted by Crippen LogP contribution is -2.24. The van der Waals surface area contributed by atoms with Crippen LogP contribution in [0.5, 0.6) is 11.5 Å². The van der Waals surface area contributed by atoms with Crippen LogP contribution in [0, 0.1) is 11.3 Å². The Balaban J connectivity index is 1.80. The van der Waals surface area contributed by atoms with Crippen molar-refractivity contribution in [3.05, 3.63) is 59.7 Å². The van der Waals surface area contributed by atoms with E-state index in [9.17, 15) is 0 Å². The van der Waals surface area contributed by atoms with Gasteiger partial charge in [0, 0.05) is 13.1 Å². The first-order valence-corrected chi connectivity index (χ1v) is 7.16. The van der Waals surface area contributed by atoms with Gasteiger partial charge in [-0.2, -0.15) is 5.26 Å². The maximum absolute atomic E-state index is 9.10. The molecule has 0 aliphatic heterocycles. The van der Waals surface area contributed by atoms with Gasteiger partial charge >= 0.3 is 0 Å². The fraction of sp³-hybridized carbons (Fsp3) is 0.278. The summed E-state index contributed by atoms with van der Waals surface area (Å²) in [6.07, 6.45) is 0. The van der Waals surface area contributed by atoms with E-state index >= 15 is 0 Å². The van der Waals surface area contributed by atoms with Gasteiger partial charge in [0.25, 0.3) is 0 Å². The SMILES string of the molecule is COc1ccc(OCCN(C)Cc2ccccc2C#N)cc1. The second-order valence-electron chi connectivity index (χ2n) is 5.03. The molecule has 0 saturated carbocycles. The van der Waals surface area contributed by atoms with Crippen molar-refractivity contribution in [3.8, 4) is 17.6 Å². The zero-order valence-corrected chi connectivity index (χ0v) is 13.0. The highest BCUT2D eigenvalue weighted by molar-refractivity contribution is 5.37. The normalized spacial score (nSPS) is 10.3. The molecule has 114 valence electrons. The molecule has 0 radical (unpaired) electrons. The summed E-state index contributed by atoms with van der Waals surface area (Å²) in [5.41, 5.74) is 1.77. The Morgan fingerprint density at radius 1 is 1.05 bits per heavy atom. The standard InChI is InChI=1S/C18H20N2O2/c1-20(14-16-6-4-3-5-15(16)13-19)11-12-22-18-9-7-17(21-2)8-10-18/h3-10H,11-12,14H2,1-2H3. The van der Waals surface area contributed by atoms with E-state index < -0.39 is 0 Å². The molecule has 0 amide bonds. The van der Waals surface area contributed by atoms with Crippen molar-refractivity contribution in [3.63, 3.8) is 0 Å². The summed E-state index contributed by atoms with van der Waals surface area (Å²) >= 11 is 0. The smallest absolute Gasteiger partial charge is 0.119 e. The van der Waals surface area contributed by atoms with Crippen molar-refractivity contribution in [1.29, 1.82) is 5.26 Å². The molecule has 0 aliphatic rings. The van der Waals surface area contributed by atoms with Gasteiger partial charge in [-0.1, -0.05) is 18.2 Å². The first-order valence-electron chi connectivity index (χ1n) is 7.16. The topological polar surface area (TPSA) is 45.5 Å². The van der Waals surface area contributed by atoms with E-state index in [-0.39, 0.29) is 0 Å². The van der Waals surface area contributed by atoms with Crippen LogP contribution in [0.1, 0.15) is 11.1 Å². The Bertz CT molecular complexity index is 632. The van der Waals surface area contributed by atoms with Gasteiger partial charge < -0.3 is 9.47 Å². The highest BCUT2D eigenvalue weighted by Gasteiger charge is 2.05. The number of hydrogen-bond donors (Lipinski definition) is 0. The van der Waals surface area contributed by atoms with Crippen molar-refractivity contribution in [2.45, 2.75) is 6.54 Å². The lowest BCUT2D eigenvalue weighted by Gasteiger charge is -2.17. The first-order chi connectivity index (χ1) is 10.7. The van der Waals surface area contributed by atoms with Gasteiger partial charge in [0.05, 0.1) is 18.7 Å². The average molecular weight is 296 g/mol. The number of methoxy groups -OCH3 is 1. The minimum Gasteiger partial charge on any atom is -0.497 e. The van der Waals surface area contributed by atoms with Crippen molar-refractivity contribution >= 4 is 0 Å². The van der Waals surface area contributed by atoms with E-state index in [1.165, 1.54) is 0 Å². The maximum atomic E-state index is 9.10. The van der Waals surface area contributed by atoms with Crippen LogP contribution in [0.4, 0.5) is 0 Å². The zero-order chi connectivity index (χ0) is 15.8. The number of benzene rings is 2. The second kappa shape index (κ2) is 8.06. The second-order valence-corrected chi connectivity index (χ2v) is 5.03. The van der Waals surface area contributed by atoms with Crippen LogP contribution in [0.2, 0.25) is 0 Å². The van der Waals surface area contributed by atoms with Gasteiger partial charge in [0.1, 0.15) is 18.1 Å². The summed E-state index contributed by atoms with van der Waals surface area (Å²) in [6, 6.07) is 17.4. The van der Waals surface area contributed by atoms with Gasteiger partial charge in [0.2, 0.25) is 0 Å². The molecule has 4 nitrogen and oxygen atoms in total. The molecule has 0 fully saturated rings. The van der Waals surface area contributed by atoms with Crippen molar-refractivity contribution < 1.29 is 9.47 Å². The van der Waals surface area contributed by atoms with Crippen LogP contribution in [-0.4, -0.2) is 32.2 Å². The Morgan fingerprint density at radius 2 is 1.73 bits per heavy atom. The van der Waals surface area contributed by atoms with Crippen LogP contribution in [0.25, 0.3) is 0 Å². The highest BCUT2D eigenvalue weighted by atomic mass is 16.5. The minimum atomic E-state index is 0.595. The predicted molar refractivity (Wildman–Crippen MR) is 86.0 cm³/mol. The number of hydrogen-bond acceptors (Lipinski definition) is 4. The molecule has 0 bridgehead atoms. The third-order valence-corrected chi connectivity index (χ3v) is 3.38. The molecule has 0 spiro atoms. The molecule has 2 aromatic carbocycles. The molecule has 0 atom stereocenters. The zero-order valence-electron chi connectivity index (χ0n) is 13.0. The molecule has 0 saturated heterocycles. The van der Waals surface area contributed by atoms with Crippen LogP contribution in [0.3, 0.4) is 0 Å². The molecule has 0 heterocycles. The van der Waals surface area contributed by atoms with Crippen LogP contribution in [-0.2, 0) is 6.54 Å². The maximum Gasteiger partial charge on any atom is 0.119 e. The summed E-state index contributed by atoms with van der Waals surface area (Å²) in [5, 5.41) is 9.10. The molecule has 0 unspecified atom stereocenters. The summed E-state index contributed by atoms with van der Waals surface area (Å²) in [6.45, 7) is 2.11. The van der Waals surface area contributed by atoms with Gasteiger partial charge in [0.15, 0.2) is 0 Å². The Hall–Kier alpha value is -2.51. The first kappa shape index (κ1) is 15.9. The number of rotatable bonds is 7. The summed E-state index contributed by atoms with van der Waals surface area (Å²) in [7, 11) is 3.66. The molecular formula is C18H20N2O2. The van der Waals surface area contributed by atoms with Crippen LogP contribution < -0.4 is 9.47 Å². The molecule has 22 heavy (non-hydrogen) atoms. The van der Waals surface area contributed by atoms with Crippen molar-refractivity contribution in [2.24, 2.45) is 0 Å². The fourth-order valence-corrected chi connectivity index (χ4v) is 2.13. The summed E-state index contributed by atoms with van der Waals surface area (Å²) < 4.78 is 10.8. The largest absolute Gasteiger partial charge is 0.497 e. The fourth-order valence-electron chi connectivity index (χ4n) is 2.13. The van der Waals surface area contributed by atoms with E-state index in [2.05, 4.69) is 11.0 Å². The minimum absolute atomic E-state index is 0.595. The molecule has 0 aromatic heterocycles. The summed E-state index contributed by atoms with van der Waals surface area (Å²) in [4.78, 5) is 2.14. The lowest BCUT2D eigenvalue weighted by atomic mass is 10.1. The van der Waals surface area contributed by atoms with Gasteiger partial charge in [-0.15, -0.1) is 0 Å². The van der Waals surface area contributed by atoms with Crippen molar-refractivity contribution in [2.75, 3.05) is 27.3 Å². The molecular weight excluding hydrogens is 276 g/mol. The molecule has 2 aromatic rings. The van der Waals surface area contributed by atoms with E-state index in [0.29, 0.717) is 6.61 Å². The Labute approximate surface area is 131 Å². The number of nitrogens with zero attached hydrogens (tertiary/aromatic N) is 2. The van der Waals surface area contributed by atoms with E-state index in [0.717, 1.165) is 35.7 Å². The highest BCUT2D eigenvalue weighted by Crippen LogP contribution is 2.17. The van der Waals surface area contributed by atoms with Crippen LogP contribution in [0.15, 0.2) is 48.5 Å². The molecule has 4 heteroatoms. The number of ether oxygens (including phenoxy) is 2. The Kier molecular flexibility index (Phi) is 5.81. The van der Waals surface area contributed by atoms with Gasteiger partial charge in [-0.25, -0.2) is 0 Å². The van der Waals surface area contributed by atoms with Gasteiger partial charge in [-0.05, 0) is 42.9 Å². The lowest BCUT2D eigenvalue weighted by molar-refractivity contribution is 0.232. The average Bonchev–Trinajstić information content (AvgIpc) is 2.56. The van der Waals surface area contributed by atoms with Gasteiger partial charge in [-0.3, -0.25) is 4.90 Å². The molecule has 2 rings (SSSR count). The van der Waals surface area contributed by atoms with E-state index in [1.54, 1.807) is 7.11 Å². The predicted octanol–water partition coefficient (Wildman–Crippen LogP) is 3.08. The number of likely N-dealkylation sites (N-methyl/N-ethyl adjacent to an activating group) is 1. The Morgan fingerprint density at radius 3 is 2.41 bits per heavy atom. The van der Waals surface area contributed by atoms with E-state index in [1.807, 2.05) is 55.6 Å². The monoisotopic (exact) mass is 296 g/mol. The molecule has 0 aliphatic carbocycles. The van der Waals surface area contributed by atoms with E-state index in [4.69, 9.17) is 14.7 Å². The summed E-state index contributed by atoms with van der Waals surface area (Å²) in [5.74, 6) is 1.64.